The molecule has 3 aliphatic heterocycles. The number of nitrogens with zero attached hydrogens (tertiary/aromatic N) is 2. The third-order valence-corrected chi connectivity index (χ3v) is 5.29. The average Bonchev–Trinajstić information content (AvgIpc) is 3.32. The summed E-state index contributed by atoms with van der Waals surface area (Å²) >= 11 is 0. The zero-order valence-electron chi connectivity index (χ0n) is 15.8. The highest BCUT2D eigenvalue weighted by molar-refractivity contribution is 6.23. The van der Waals surface area contributed by atoms with Crippen molar-refractivity contribution >= 4 is 35.1 Å². The minimum Gasteiger partial charge on any atom is -0.422 e. The van der Waals surface area contributed by atoms with E-state index < -0.39 is 58.5 Å². The van der Waals surface area contributed by atoms with Crippen molar-refractivity contribution in [1.82, 2.24) is 0 Å². The number of anilines is 1. The maximum absolute atomic E-state index is 13.3. The molecule has 156 valence electrons. The summed E-state index contributed by atoms with van der Waals surface area (Å²) in [6, 6.07) is 5.13. The van der Waals surface area contributed by atoms with Crippen molar-refractivity contribution in [3.63, 3.8) is 0 Å². The lowest BCUT2D eigenvalue weighted by Crippen LogP contribution is -2.52. The highest BCUT2D eigenvalue weighted by Crippen LogP contribution is 2.54. The van der Waals surface area contributed by atoms with E-state index in [0.29, 0.717) is 0 Å². The molecule has 2 amide bonds. The molecule has 0 aliphatic carbocycles. The van der Waals surface area contributed by atoms with Gasteiger partial charge in [-0.25, -0.2) is 4.90 Å². The molecule has 11 heteroatoms. The summed E-state index contributed by atoms with van der Waals surface area (Å²) in [5.74, 6) is -4.93. The number of non-ortho nitro benzene ring substituents is 1. The Bertz CT molecular complexity index is 1000. The smallest absolute Gasteiger partial charge is 0.305 e. The van der Waals surface area contributed by atoms with E-state index in [9.17, 15) is 29.3 Å². The summed E-state index contributed by atoms with van der Waals surface area (Å²) < 4.78 is 16.1. The predicted octanol–water partition coefficient (Wildman–Crippen LogP) is 0.860. The molecule has 0 aromatic heterocycles. The van der Waals surface area contributed by atoms with Gasteiger partial charge in [0.1, 0.15) is 0 Å². The van der Waals surface area contributed by atoms with Crippen LogP contribution in [0.2, 0.25) is 0 Å². The van der Waals surface area contributed by atoms with Gasteiger partial charge in [-0.1, -0.05) is 12.1 Å². The van der Waals surface area contributed by atoms with E-state index in [0.717, 1.165) is 24.8 Å². The van der Waals surface area contributed by atoms with Crippen LogP contribution >= 0.6 is 0 Å². The lowest BCUT2D eigenvalue weighted by atomic mass is 9.76. The second kappa shape index (κ2) is 6.73. The number of esters is 2. The molecule has 3 heterocycles. The number of hydrogen-bond acceptors (Lipinski definition) is 9. The van der Waals surface area contributed by atoms with E-state index in [-0.39, 0.29) is 11.4 Å². The summed E-state index contributed by atoms with van der Waals surface area (Å²) in [4.78, 5) is 60.8. The Morgan fingerprint density at radius 2 is 1.87 bits per heavy atom. The van der Waals surface area contributed by atoms with Crippen LogP contribution in [0, 0.1) is 22.0 Å². The van der Waals surface area contributed by atoms with Gasteiger partial charge in [0.05, 0.1) is 28.6 Å². The summed E-state index contributed by atoms with van der Waals surface area (Å²) in [6.07, 6.45) is 0.621. The Labute approximate surface area is 169 Å². The Morgan fingerprint density at radius 1 is 1.20 bits per heavy atom. The van der Waals surface area contributed by atoms with Gasteiger partial charge in [-0.2, -0.15) is 0 Å². The number of benzene rings is 1. The van der Waals surface area contributed by atoms with Gasteiger partial charge in [-0.15, -0.1) is 0 Å². The van der Waals surface area contributed by atoms with Crippen LogP contribution in [0.3, 0.4) is 0 Å². The molecule has 2 fully saturated rings. The standard InChI is InChI=1S/C19H16N2O9/c1-9(22)28-18(29-10(2)23)19-7-6-13(30-19)14-15(19)17(25)20(16(14)24)11-4-3-5-12(8-11)21(26)27/h3-8,13-15,18H,1-2H3/t13-,14+,15+,19-/m0/s1. The van der Waals surface area contributed by atoms with E-state index in [4.69, 9.17) is 14.2 Å². The highest BCUT2D eigenvalue weighted by atomic mass is 16.7. The molecule has 0 spiro atoms. The van der Waals surface area contributed by atoms with Gasteiger partial charge < -0.3 is 14.2 Å². The van der Waals surface area contributed by atoms with Gasteiger partial charge in [-0.05, 0) is 12.1 Å². The quantitative estimate of drug-likeness (QED) is 0.170. The summed E-state index contributed by atoms with van der Waals surface area (Å²) in [7, 11) is 0. The molecule has 0 N–H and O–H groups in total. The number of nitro benzene ring substituents is 1. The van der Waals surface area contributed by atoms with Gasteiger partial charge in [-0.3, -0.25) is 29.3 Å². The van der Waals surface area contributed by atoms with Crippen molar-refractivity contribution in [2.45, 2.75) is 31.8 Å². The number of carbonyl (C=O) groups is 4. The maximum atomic E-state index is 13.3. The van der Waals surface area contributed by atoms with Crippen molar-refractivity contribution in [2.24, 2.45) is 11.8 Å². The number of ether oxygens (including phenoxy) is 3. The lowest BCUT2D eigenvalue weighted by Gasteiger charge is -2.34. The number of fused-ring (bicyclic) bond motifs is 5. The Balaban J connectivity index is 1.75. The number of rotatable bonds is 5. The second-order valence-electron chi connectivity index (χ2n) is 7.14. The molecule has 1 aromatic rings. The van der Waals surface area contributed by atoms with Gasteiger partial charge in [0.2, 0.25) is 11.8 Å². The fraction of sp³-hybridized carbons (Fsp3) is 0.368. The van der Waals surface area contributed by atoms with E-state index in [1.54, 1.807) is 6.08 Å². The van der Waals surface area contributed by atoms with Crippen LogP contribution in [-0.4, -0.2) is 46.7 Å². The number of amides is 2. The SMILES string of the molecule is CC(=O)OC(OC(C)=O)[C@@]12C=C[C@H](O1)[C@H]1C(=O)N(c3cccc([N+](=O)[O-])c3)C(=O)[C@@H]12. The summed E-state index contributed by atoms with van der Waals surface area (Å²) in [6.45, 7) is 2.21. The number of nitro groups is 1. The molecule has 0 unspecified atom stereocenters. The lowest BCUT2D eigenvalue weighted by molar-refractivity contribution is -0.384. The topological polar surface area (TPSA) is 142 Å². The third kappa shape index (κ3) is 2.77. The molecule has 3 aliphatic rings. The van der Waals surface area contributed by atoms with Crippen LogP contribution in [0.25, 0.3) is 0 Å². The fourth-order valence-corrected chi connectivity index (χ4v) is 4.22. The monoisotopic (exact) mass is 416 g/mol. The first-order valence-electron chi connectivity index (χ1n) is 8.99. The van der Waals surface area contributed by atoms with E-state index in [2.05, 4.69) is 0 Å². The number of hydrogen-bond donors (Lipinski definition) is 0. The Kier molecular flexibility index (Phi) is 4.42. The largest absolute Gasteiger partial charge is 0.422 e. The van der Waals surface area contributed by atoms with Crippen LogP contribution in [-0.2, 0) is 33.4 Å². The van der Waals surface area contributed by atoms with E-state index >= 15 is 0 Å². The maximum Gasteiger partial charge on any atom is 0.305 e. The molecule has 2 saturated heterocycles. The molecule has 0 saturated carbocycles. The third-order valence-electron chi connectivity index (χ3n) is 5.29. The average molecular weight is 416 g/mol. The van der Waals surface area contributed by atoms with Crippen LogP contribution in [0.1, 0.15) is 13.8 Å². The second-order valence-corrected chi connectivity index (χ2v) is 7.14. The zero-order valence-corrected chi connectivity index (χ0v) is 15.8. The fourth-order valence-electron chi connectivity index (χ4n) is 4.22. The first-order chi connectivity index (χ1) is 14.2. The van der Waals surface area contributed by atoms with Crippen molar-refractivity contribution in [3.8, 4) is 0 Å². The number of carbonyl (C=O) groups excluding carboxylic acids is 4. The highest BCUT2D eigenvalue weighted by Gasteiger charge is 2.72. The normalized spacial score (nSPS) is 28.8. The molecule has 30 heavy (non-hydrogen) atoms. The van der Waals surface area contributed by atoms with Gasteiger partial charge in [0.15, 0.2) is 5.60 Å². The van der Waals surface area contributed by atoms with Crippen LogP contribution in [0.15, 0.2) is 36.4 Å². The van der Waals surface area contributed by atoms with Crippen molar-refractivity contribution < 1.29 is 38.3 Å². The van der Waals surface area contributed by atoms with Crippen LogP contribution < -0.4 is 4.90 Å². The van der Waals surface area contributed by atoms with E-state index in [1.807, 2.05) is 0 Å². The van der Waals surface area contributed by atoms with Crippen LogP contribution in [0.4, 0.5) is 11.4 Å². The summed E-state index contributed by atoms with van der Waals surface area (Å²) in [5.41, 5.74) is -1.91. The first kappa shape index (κ1) is 19.7. The van der Waals surface area contributed by atoms with Gasteiger partial charge in [0, 0.05) is 26.0 Å². The van der Waals surface area contributed by atoms with Crippen molar-refractivity contribution in [1.29, 1.82) is 0 Å². The zero-order chi connectivity index (χ0) is 21.8. The summed E-state index contributed by atoms with van der Waals surface area (Å²) in [5, 5.41) is 11.1. The predicted molar refractivity (Wildman–Crippen MR) is 96.6 cm³/mol. The van der Waals surface area contributed by atoms with Crippen molar-refractivity contribution in [2.75, 3.05) is 4.90 Å². The minimum absolute atomic E-state index is 0.0414. The molecule has 11 nitrogen and oxygen atoms in total. The van der Waals surface area contributed by atoms with Crippen molar-refractivity contribution in [3.05, 3.63) is 46.5 Å². The molecule has 2 bridgehead atoms. The molecule has 4 atom stereocenters. The minimum atomic E-state index is -1.67. The van der Waals surface area contributed by atoms with Crippen LogP contribution in [0.5, 0.6) is 0 Å². The molecular formula is C19H16N2O9. The van der Waals surface area contributed by atoms with Gasteiger partial charge >= 0.3 is 11.9 Å². The molecule has 1 aromatic carbocycles. The number of imide groups is 1. The van der Waals surface area contributed by atoms with Gasteiger partial charge in [0.25, 0.3) is 12.0 Å². The van der Waals surface area contributed by atoms with E-state index in [1.165, 1.54) is 24.3 Å². The first-order valence-corrected chi connectivity index (χ1v) is 8.99. The Morgan fingerprint density at radius 3 is 2.47 bits per heavy atom. The molecule has 4 rings (SSSR count). The molecule has 0 radical (unpaired) electrons. The Hall–Kier alpha value is -3.60. The molecular weight excluding hydrogens is 400 g/mol.